The van der Waals surface area contributed by atoms with Crippen LogP contribution < -0.4 is 10.2 Å². The molecule has 1 N–H and O–H groups in total. The number of anilines is 1. The van der Waals surface area contributed by atoms with Crippen molar-refractivity contribution in [1.82, 2.24) is 15.2 Å². The van der Waals surface area contributed by atoms with Crippen LogP contribution in [0.2, 0.25) is 0 Å². The van der Waals surface area contributed by atoms with Gasteiger partial charge in [0.2, 0.25) is 0 Å². The summed E-state index contributed by atoms with van der Waals surface area (Å²) >= 11 is 0. The van der Waals surface area contributed by atoms with Crippen LogP contribution in [0.3, 0.4) is 0 Å². The van der Waals surface area contributed by atoms with E-state index in [9.17, 15) is 0 Å². The Hall–Kier alpha value is -1.13. The number of pyridine rings is 1. The second kappa shape index (κ2) is 7.04. The lowest BCUT2D eigenvalue weighted by molar-refractivity contribution is 0.274. The minimum absolute atomic E-state index is 0.532. The fraction of sp³-hybridized carbons (Fsp3) is 0.688. The zero-order valence-electron chi connectivity index (χ0n) is 13.3. The number of aromatic nitrogens is 1. The molecule has 112 valence electrons. The van der Waals surface area contributed by atoms with Crippen molar-refractivity contribution >= 4 is 5.82 Å². The predicted octanol–water partition coefficient (Wildman–Crippen LogP) is 2.03. The maximum absolute atomic E-state index is 4.82. The SMILES string of the molecule is CCCNCc1ccc(N2CCN(C)CC2C)nc1C. The number of likely N-dealkylation sites (N-methyl/N-ethyl adjacent to an activating group) is 1. The standard InChI is InChI=1S/C16H28N4/c1-5-8-17-11-15-6-7-16(18-14(15)3)20-10-9-19(4)12-13(20)2/h6-7,13,17H,5,8-12H2,1-4H3. The molecule has 0 spiro atoms. The molecule has 2 rings (SSSR count). The highest BCUT2D eigenvalue weighted by atomic mass is 15.3. The second-order valence-electron chi connectivity index (χ2n) is 5.90. The summed E-state index contributed by atoms with van der Waals surface area (Å²) < 4.78 is 0. The molecule has 2 heterocycles. The lowest BCUT2D eigenvalue weighted by Crippen LogP contribution is -2.50. The van der Waals surface area contributed by atoms with E-state index < -0.39 is 0 Å². The molecule has 0 radical (unpaired) electrons. The fourth-order valence-corrected chi connectivity index (χ4v) is 2.80. The van der Waals surface area contributed by atoms with Gasteiger partial charge in [0.1, 0.15) is 5.82 Å². The molecule has 4 heteroatoms. The minimum atomic E-state index is 0.532. The number of aryl methyl sites for hydroxylation is 1. The van der Waals surface area contributed by atoms with Crippen molar-refractivity contribution in [1.29, 1.82) is 0 Å². The summed E-state index contributed by atoms with van der Waals surface area (Å²) in [5, 5.41) is 3.45. The third kappa shape index (κ3) is 3.70. The van der Waals surface area contributed by atoms with E-state index in [1.54, 1.807) is 0 Å². The van der Waals surface area contributed by atoms with Gasteiger partial charge in [0, 0.05) is 37.9 Å². The highest BCUT2D eigenvalue weighted by molar-refractivity contribution is 5.43. The van der Waals surface area contributed by atoms with Gasteiger partial charge >= 0.3 is 0 Å². The van der Waals surface area contributed by atoms with Crippen LogP contribution >= 0.6 is 0 Å². The normalized spacial score (nSPS) is 20.4. The summed E-state index contributed by atoms with van der Waals surface area (Å²) in [5.41, 5.74) is 2.46. The molecular formula is C16H28N4. The monoisotopic (exact) mass is 276 g/mol. The van der Waals surface area contributed by atoms with Crippen molar-refractivity contribution in [2.75, 3.05) is 38.1 Å². The maximum atomic E-state index is 4.82. The van der Waals surface area contributed by atoms with Crippen LogP contribution in [0, 0.1) is 6.92 Å². The van der Waals surface area contributed by atoms with Crippen molar-refractivity contribution in [3.8, 4) is 0 Å². The van der Waals surface area contributed by atoms with Crippen LogP contribution in [0.5, 0.6) is 0 Å². The molecule has 1 aromatic rings. The molecule has 1 fully saturated rings. The highest BCUT2D eigenvalue weighted by Crippen LogP contribution is 2.19. The molecule has 0 aliphatic carbocycles. The topological polar surface area (TPSA) is 31.4 Å². The largest absolute Gasteiger partial charge is 0.351 e. The van der Waals surface area contributed by atoms with Gasteiger partial charge in [0.25, 0.3) is 0 Å². The van der Waals surface area contributed by atoms with E-state index >= 15 is 0 Å². The van der Waals surface area contributed by atoms with Crippen LogP contribution in [-0.4, -0.2) is 49.2 Å². The van der Waals surface area contributed by atoms with Gasteiger partial charge in [-0.05, 0) is 45.5 Å². The molecule has 1 aliphatic heterocycles. The van der Waals surface area contributed by atoms with Gasteiger partial charge in [-0.2, -0.15) is 0 Å². The van der Waals surface area contributed by atoms with Crippen molar-refractivity contribution in [2.24, 2.45) is 0 Å². The van der Waals surface area contributed by atoms with Crippen LogP contribution in [0.4, 0.5) is 5.82 Å². The Kier molecular flexibility index (Phi) is 5.38. The first-order chi connectivity index (χ1) is 9.61. The second-order valence-corrected chi connectivity index (χ2v) is 5.90. The van der Waals surface area contributed by atoms with Crippen molar-refractivity contribution in [2.45, 2.75) is 39.8 Å². The van der Waals surface area contributed by atoms with Crippen LogP contribution in [0.1, 0.15) is 31.5 Å². The molecule has 20 heavy (non-hydrogen) atoms. The first kappa shape index (κ1) is 15.3. The maximum Gasteiger partial charge on any atom is 0.129 e. The number of hydrogen-bond donors (Lipinski definition) is 1. The predicted molar refractivity (Wildman–Crippen MR) is 85.3 cm³/mol. The number of nitrogens with one attached hydrogen (secondary N) is 1. The Morgan fingerprint density at radius 3 is 2.80 bits per heavy atom. The number of hydrogen-bond acceptors (Lipinski definition) is 4. The number of rotatable bonds is 5. The van der Waals surface area contributed by atoms with E-state index in [1.807, 2.05) is 0 Å². The van der Waals surface area contributed by atoms with Gasteiger partial charge in [0.05, 0.1) is 0 Å². The molecule has 1 aliphatic rings. The number of piperazine rings is 1. The van der Waals surface area contributed by atoms with Crippen LogP contribution in [0.15, 0.2) is 12.1 Å². The Bertz CT molecular complexity index is 432. The highest BCUT2D eigenvalue weighted by Gasteiger charge is 2.22. The summed E-state index contributed by atoms with van der Waals surface area (Å²) in [6.07, 6.45) is 1.17. The Balaban J connectivity index is 2.04. The quantitative estimate of drug-likeness (QED) is 0.834. The summed E-state index contributed by atoms with van der Waals surface area (Å²) in [6, 6.07) is 4.94. The molecule has 4 nitrogen and oxygen atoms in total. The molecule has 0 aromatic carbocycles. The van der Waals surface area contributed by atoms with Crippen molar-refractivity contribution in [3.05, 3.63) is 23.4 Å². The van der Waals surface area contributed by atoms with Gasteiger partial charge in [-0.3, -0.25) is 0 Å². The smallest absolute Gasteiger partial charge is 0.129 e. The van der Waals surface area contributed by atoms with E-state index in [1.165, 1.54) is 12.0 Å². The fourth-order valence-electron chi connectivity index (χ4n) is 2.80. The lowest BCUT2D eigenvalue weighted by Gasteiger charge is -2.39. The third-order valence-corrected chi connectivity index (χ3v) is 4.05. The number of nitrogens with zero attached hydrogens (tertiary/aromatic N) is 3. The summed E-state index contributed by atoms with van der Waals surface area (Å²) in [4.78, 5) is 9.63. The van der Waals surface area contributed by atoms with Crippen molar-refractivity contribution < 1.29 is 0 Å². The van der Waals surface area contributed by atoms with E-state index in [4.69, 9.17) is 4.98 Å². The molecule has 0 saturated carbocycles. The summed E-state index contributed by atoms with van der Waals surface area (Å²) in [6.45, 7) is 11.9. The third-order valence-electron chi connectivity index (χ3n) is 4.05. The Morgan fingerprint density at radius 1 is 1.35 bits per heavy atom. The first-order valence-corrected chi connectivity index (χ1v) is 7.74. The van der Waals surface area contributed by atoms with Crippen LogP contribution in [0.25, 0.3) is 0 Å². The van der Waals surface area contributed by atoms with E-state index in [0.717, 1.165) is 44.2 Å². The molecule has 0 bridgehead atoms. The summed E-state index contributed by atoms with van der Waals surface area (Å²) in [5.74, 6) is 1.13. The lowest BCUT2D eigenvalue weighted by atomic mass is 10.1. The van der Waals surface area contributed by atoms with Gasteiger partial charge in [0.15, 0.2) is 0 Å². The zero-order chi connectivity index (χ0) is 14.5. The van der Waals surface area contributed by atoms with E-state index in [2.05, 4.69) is 55.1 Å². The van der Waals surface area contributed by atoms with Crippen LogP contribution in [-0.2, 0) is 6.54 Å². The summed E-state index contributed by atoms with van der Waals surface area (Å²) in [7, 11) is 2.19. The minimum Gasteiger partial charge on any atom is -0.351 e. The molecule has 0 amide bonds. The molecule has 1 saturated heterocycles. The first-order valence-electron chi connectivity index (χ1n) is 7.74. The van der Waals surface area contributed by atoms with Crippen molar-refractivity contribution in [3.63, 3.8) is 0 Å². The average molecular weight is 276 g/mol. The molecule has 1 unspecified atom stereocenters. The Morgan fingerprint density at radius 2 is 2.15 bits per heavy atom. The van der Waals surface area contributed by atoms with Gasteiger partial charge in [-0.1, -0.05) is 13.0 Å². The van der Waals surface area contributed by atoms with Gasteiger partial charge in [-0.15, -0.1) is 0 Å². The Labute approximate surface area is 123 Å². The van der Waals surface area contributed by atoms with E-state index in [0.29, 0.717) is 6.04 Å². The van der Waals surface area contributed by atoms with Gasteiger partial charge < -0.3 is 15.1 Å². The molecular weight excluding hydrogens is 248 g/mol. The van der Waals surface area contributed by atoms with E-state index in [-0.39, 0.29) is 0 Å². The average Bonchev–Trinajstić information content (AvgIpc) is 2.41. The van der Waals surface area contributed by atoms with Gasteiger partial charge in [-0.25, -0.2) is 4.98 Å². The molecule has 1 atom stereocenters. The zero-order valence-corrected chi connectivity index (χ0v) is 13.3. The molecule has 1 aromatic heterocycles.